The van der Waals surface area contributed by atoms with Crippen molar-refractivity contribution >= 4 is 50.5 Å². The second kappa shape index (κ2) is 6.50. The number of amides is 1. The number of carbonyl (C=O) groups is 1. The average molecular weight is 373 g/mol. The number of thioether (sulfide) groups is 1. The normalized spacial score (nSPS) is 18.0. The molecule has 2 aromatic rings. The van der Waals surface area contributed by atoms with Crippen LogP contribution in [0.1, 0.15) is 11.1 Å². The number of hydrogen-bond donors (Lipinski definition) is 1. The van der Waals surface area contributed by atoms with E-state index in [1.165, 1.54) is 11.8 Å². The highest BCUT2D eigenvalue weighted by Crippen LogP contribution is 2.29. The molecule has 0 unspecified atom stereocenters. The molecule has 0 atom stereocenters. The predicted octanol–water partition coefficient (Wildman–Crippen LogP) is 4.65. The van der Waals surface area contributed by atoms with Gasteiger partial charge in [-0.1, -0.05) is 46.3 Å². The molecule has 22 heavy (non-hydrogen) atoms. The van der Waals surface area contributed by atoms with Crippen LogP contribution in [-0.2, 0) is 4.79 Å². The first-order valence-corrected chi connectivity index (χ1v) is 8.33. The Labute approximate surface area is 141 Å². The number of halogens is 1. The summed E-state index contributed by atoms with van der Waals surface area (Å²) in [6, 6.07) is 15.7. The fraction of sp³-hybridized carbons (Fsp3) is 0.0588. The Kier molecular flexibility index (Phi) is 4.45. The second-order valence-corrected chi connectivity index (χ2v) is 6.77. The Morgan fingerprint density at radius 1 is 1.14 bits per heavy atom. The lowest BCUT2D eigenvalue weighted by atomic mass is 10.2. The molecule has 1 saturated heterocycles. The zero-order valence-corrected chi connectivity index (χ0v) is 14.2. The molecule has 0 spiro atoms. The van der Waals surface area contributed by atoms with Crippen LogP contribution in [0.2, 0.25) is 0 Å². The minimum absolute atomic E-state index is 0.111. The third-order valence-electron chi connectivity index (χ3n) is 3.16. The molecule has 0 bridgehead atoms. The van der Waals surface area contributed by atoms with Crippen LogP contribution in [0.15, 0.2) is 62.9 Å². The van der Waals surface area contributed by atoms with Gasteiger partial charge in [-0.25, -0.2) is 4.99 Å². The van der Waals surface area contributed by atoms with Crippen molar-refractivity contribution in [3.8, 4) is 0 Å². The van der Waals surface area contributed by atoms with E-state index in [9.17, 15) is 4.79 Å². The van der Waals surface area contributed by atoms with Crippen LogP contribution in [0.5, 0.6) is 0 Å². The topological polar surface area (TPSA) is 41.5 Å². The molecule has 1 aliphatic heterocycles. The third kappa shape index (κ3) is 3.48. The lowest BCUT2D eigenvalue weighted by molar-refractivity contribution is -0.115. The lowest BCUT2D eigenvalue weighted by Crippen LogP contribution is -2.19. The standard InChI is InChI=1S/C17H13BrN2OS/c1-11-4-2-3-5-14(11)19-17-20-16(21)15(22-17)10-12-6-8-13(18)9-7-12/h2-10H,1H3,(H,19,20,21)/b15-10+. The molecule has 1 amide bonds. The number of hydrogen-bond acceptors (Lipinski definition) is 3. The molecule has 3 rings (SSSR count). The summed E-state index contributed by atoms with van der Waals surface area (Å²) >= 11 is 4.76. The van der Waals surface area contributed by atoms with Gasteiger partial charge in [-0.05, 0) is 54.1 Å². The highest BCUT2D eigenvalue weighted by atomic mass is 79.9. The fourth-order valence-electron chi connectivity index (χ4n) is 1.99. The Balaban J connectivity index is 1.84. The summed E-state index contributed by atoms with van der Waals surface area (Å²) in [6.07, 6.45) is 1.87. The first-order valence-electron chi connectivity index (χ1n) is 6.72. The Bertz CT molecular complexity index is 782. The van der Waals surface area contributed by atoms with E-state index >= 15 is 0 Å². The van der Waals surface area contributed by atoms with Crippen LogP contribution in [0, 0.1) is 6.92 Å². The molecule has 110 valence electrons. The van der Waals surface area contributed by atoms with Crippen molar-refractivity contribution in [2.75, 3.05) is 0 Å². The van der Waals surface area contributed by atoms with E-state index in [1.807, 2.05) is 61.5 Å². The van der Waals surface area contributed by atoms with Gasteiger partial charge in [0.2, 0.25) is 0 Å². The van der Waals surface area contributed by atoms with Crippen molar-refractivity contribution in [3.63, 3.8) is 0 Å². The zero-order chi connectivity index (χ0) is 15.5. The van der Waals surface area contributed by atoms with Gasteiger partial charge in [0.25, 0.3) is 5.91 Å². The Morgan fingerprint density at radius 3 is 2.59 bits per heavy atom. The summed E-state index contributed by atoms with van der Waals surface area (Å²) in [6.45, 7) is 2.00. The number of aliphatic imine (C=N–C) groups is 1. The maximum absolute atomic E-state index is 12.0. The van der Waals surface area contributed by atoms with E-state index < -0.39 is 0 Å². The van der Waals surface area contributed by atoms with Crippen molar-refractivity contribution in [2.24, 2.45) is 4.99 Å². The number of amidine groups is 1. The van der Waals surface area contributed by atoms with Gasteiger partial charge in [0.05, 0.1) is 10.6 Å². The van der Waals surface area contributed by atoms with E-state index in [-0.39, 0.29) is 5.91 Å². The van der Waals surface area contributed by atoms with E-state index in [4.69, 9.17) is 0 Å². The van der Waals surface area contributed by atoms with Crippen molar-refractivity contribution in [3.05, 3.63) is 69.0 Å². The maximum atomic E-state index is 12.0. The summed E-state index contributed by atoms with van der Waals surface area (Å²) in [7, 11) is 0. The van der Waals surface area contributed by atoms with E-state index in [0.29, 0.717) is 10.1 Å². The third-order valence-corrected chi connectivity index (χ3v) is 4.59. The van der Waals surface area contributed by atoms with Crippen LogP contribution in [0.25, 0.3) is 6.08 Å². The molecule has 2 aromatic carbocycles. The van der Waals surface area contributed by atoms with Crippen molar-refractivity contribution < 1.29 is 4.79 Å². The van der Waals surface area contributed by atoms with Gasteiger partial charge in [0.1, 0.15) is 0 Å². The highest BCUT2D eigenvalue weighted by Gasteiger charge is 2.23. The molecule has 0 radical (unpaired) electrons. The largest absolute Gasteiger partial charge is 0.300 e. The minimum Gasteiger partial charge on any atom is -0.300 e. The van der Waals surface area contributed by atoms with Crippen molar-refractivity contribution in [1.82, 2.24) is 5.32 Å². The fourth-order valence-corrected chi connectivity index (χ4v) is 3.09. The van der Waals surface area contributed by atoms with Gasteiger partial charge in [0, 0.05) is 4.47 Å². The molecule has 1 N–H and O–H groups in total. The molecule has 1 aliphatic rings. The highest BCUT2D eigenvalue weighted by molar-refractivity contribution is 9.10. The summed E-state index contributed by atoms with van der Waals surface area (Å²) in [5.41, 5.74) is 2.93. The summed E-state index contributed by atoms with van der Waals surface area (Å²) in [5.74, 6) is -0.111. The van der Waals surface area contributed by atoms with E-state index in [0.717, 1.165) is 21.3 Å². The van der Waals surface area contributed by atoms with Gasteiger partial charge >= 0.3 is 0 Å². The van der Waals surface area contributed by atoms with Crippen LogP contribution in [-0.4, -0.2) is 11.1 Å². The lowest BCUT2D eigenvalue weighted by Gasteiger charge is -1.99. The molecule has 5 heteroatoms. The molecule has 0 aromatic heterocycles. The zero-order valence-electron chi connectivity index (χ0n) is 11.8. The SMILES string of the molecule is Cc1ccccc1N=C1NC(=O)/C(=C\c2ccc(Br)cc2)S1. The monoisotopic (exact) mass is 372 g/mol. The summed E-state index contributed by atoms with van der Waals surface area (Å²) in [4.78, 5) is 17.2. The minimum atomic E-state index is -0.111. The summed E-state index contributed by atoms with van der Waals surface area (Å²) < 4.78 is 1.01. The average Bonchev–Trinajstić information content (AvgIpc) is 2.84. The number of benzene rings is 2. The number of para-hydroxylation sites is 1. The first-order chi connectivity index (χ1) is 10.6. The molecular formula is C17H13BrN2OS. The number of carbonyl (C=O) groups excluding carboxylic acids is 1. The molecular weight excluding hydrogens is 360 g/mol. The molecule has 0 aliphatic carbocycles. The number of aryl methyl sites for hydroxylation is 1. The van der Waals surface area contributed by atoms with Gasteiger partial charge in [0.15, 0.2) is 5.17 Å². The molecule has 0 saturated carbocycles. The predicted molar refractivity (Wildman–Crippen MR) is 96.1 cm³/mol. The number of nitrogens with one attached hydrogen (secondary N) is 1. The van der Waals surface area contributed by atoms with Crippen LogP contribution >= 0.6 is 27.7 Å². The van der Waals surface area contributed by atoms with Crippen LogP contribution in [0.4, 0.5) is 5.69 Å². The Hall–Kier alpha value is -1.85. The first kappa shape index (κ1) is 15.1. The van der Waals surface area contributed by atoms with Gasteiger partial charge in [-0.15, -0.1) is 0 Å². The second-order valence-electron chi connectivity index (χ2n) is 4.82. The molecule has 3 nitrogen and oxygen atoms in total. The van der Waals surface area contributed by atoms with Gasteiger partial charge in [-0.2, -0.15) is 0 Å². The van der Waals surface area contributed by atoms with E-state index in [2.05, 4.69) is 26.2 Å². The number of rotatable bonds is 2. The van der Waals surface area contributed by atoms with Crippen molar-refractivity contribution in [2.45, 2.75) is 6.92 Å². The smallest absolute Gasteiger partial charge is 0.264 e. The van der Waals surface area contributed by atoms with Crippen LogP contribution in [0.3, 0.4) is 0 Å². The Morgan fingerprint density at radius 2 is 1.86 bits per heavy atom. The van der Waals surface area contributed by atoms with Gasteiger partial charge in [-0.3, -0.25) is 4.79 Å². The van der Waals surface area contributed by atoms with E-state index in [1.54, 1.807) is 0 Å². The molecule has 1 fully saturated rings. The quantitative estimate of drug-likeness (QED) is 0.779. The molecule has 1 heterocycles. The van der Waals surface area contributed by atoms with Crippen LogP contribution < -0.4 is 5.32 Å². The summed E-state index contributed by atoms with van der Waals surface area (Å²) in [5, 5.41) is 3.42. The van der Waals surface area contributed by atoms with Crippen molar-refractivity contribution in [1.29, 1.82) is 0 Å². The number of nitrogens with zero attached hydrogens (tertiary/aromatic N) is 1. The van der Waals surface area contributed by atoms with Gasteiger partial charge < -0.3 is 5.32 Å². The maximum Gasteiger partial charge on any atom is 0.264 e.